The molecular formula is C15H20N2S. The van der Waals surface area contributed by atoms with Gasteiger partial charge in [0.05, 0.1) is 5.69 Å². The summed E-state index contributed by atoms with van der Waals surface area (Å²) in [7, 11) is 0. The molecule has 0 bridgehead atoms. The monoisotopic (exact) mass is 260 g/mol. The van der Waals surface area contributed by atoms with Gasteiger partial charge >= 0.3 is 0 Å². The Morgan fingerprint density at radius 2 is 2.06 bits per heavy atom. The molecule has 3 heteroatoms. The SMILES string of the molecule is CC(C)N1CCC(c2nccc3sccc23)CC1. The zero-order chi connectivity index (χ0) is 12.5. The van der Waals surface area contributed by atoms with E-state index in [0.717, 1.165) is 0 Å². The van der Waals surface area contributed by atoms with E-state index in [1.807, 2.05) is 17.5 Å². The Morgan fingerprint density at radius 3 is 2.78 bits per heavy atom. The van der Waals surface area contributed by atoms with Gasteiger partial charge in [0.1, 0.15) is 0 Å². The zero-order valence-corrected chi connectivity index (χ0v) is 11.9. The Hall–Kier alpha value is -0.930. The summed E-state index contributed by atoms with van der Waals surface area (Å²) in [6.07, 6.45) is 4.48. The fraction of sp³-hybridized carbons (Fsp3) is 0.533. The summed E-state index contributed by atoms with van der Waals surface area (Å²) in [5, 5.41) is 3.56. The van der Waals surface area contributed by atoms with Gasteiger partial charge in [-0.2, -0.15) is 0 Å². The highest BCUT2D eigenvalue weighted by atomic mass is 32.1. The van der Waals surface area contributed by atoms with Gasteiger partial charge < -0.3 is 4.90 Å². The predicted molar refractivity (Wildman–Crippen MR) is 78.3 cm³/mol. The van der Waals surface area contributed by atoms with E-state index in [1.165, 1.54) is 41.7 Å². The smallest absolute Gasteiger partial charge is 0.0522 e. The molecule has 1 saturated heterocycles. The summed E-state index contributed by atoms with van der Waals surface area (Å²) < 4.78 is 1.38. The third-order valence-corrected chi connectivity index (χ3v) is 4.94. The van der Waals surface area contributed by atoms with Crippen LogP contribution in [0.15, 0.2) is 23.7 Å². The Morgan fingerprint density at radius 1 is 1.28 bits per heavy atom. The molecule has 0 radical (unpaired) electrons. The summed E-state index contributed by atoms with van der Waals surface area (Å²) in [5.74, 6) is 0.651. The van der Waals surface area contributed by atoms with Crippen molar-refractivity contribution in [2.24, 2.45) is 0 Å². The second-order valence-electron chi connectivity index (χ2n) is 5.43. The topological polar surface area (TPSA) is 16.1 Å². The van der Waals surface area contributed by atoms with Crippen molar-refractivity contribution in [3.05, 3.63) is 29.4 Å². The van der Waals surface area contributed by atoms with Gasteiger partial charge in [-0.15, -0.1) is 11.3 Å². The molecule has 96 valence electrons. The van der Waals surface area contributed by atoms with Crippen LogP contribution in [0.5, 0.6) is 0 Å². The van der Waals surface area contributed by atoms with E-state index in [2.05, 4.69) is 41.2 Å². The lowest BCUT2D eigenvalue weighted by atomic mass is 9.91. The lowest BCUT2D eigenvalue weighted by Crippen LogP contribution is -2.38. The third kappa shape index (κ3) is 2.17. The molecule has 3 rings (SSSR count). The van der Waals surface area contributed by atoms with Crippen molar-refractivity contribution in [2.45, 2.75) is 38.6 Å². The van der Waals surface area contributed by atoms with E-state index in [0.29, 0.717) is 12.0 Å². The molecule has 2 aromatic heterocycles. The summed E-state index contributed by atoms with van der Waals surface area (Å²) >= 11 is 1.82. The van der Waals surface area contributed by atoms with E-state index in [9.17, 15) is 0 Å². The van der Waals surface area contributed by atoms with Crippen molar-refractivity contribution >= 4 is 21.4 Å². The molecule has 0 N–H and O–H groups in total. The van der Waals surface area contributed by atoms with Gasteiger partial charge in [-0.05, 0) is 57.3 Å². The molecule has 1 aliphatic heterocycles. The van der Waals surface area contributed by atoms with Crippen molar-refractivity contribution in [2.75, 3.05) is 13.1 Å². The van der Waals surface area contributed by atoms with Crippen LogP contribution in [0.2, 0.25) is 0 Å². The summed E-state index contributed by atoms with van der Waals surface area (Å²) in [6.45, 7) is 7.01. The second-order valence-corrected chi connectivity index (χ2v) is 6.38. The van der Waals surface area contributed by atoms with Crippen LogP contribution in [0.1, 0.15) is 38.3 Å². The number of likely N-dealkylation sites (tertiary alicyclic amines) is 1. The highest BCUT2D eigenvalue weighted by Gasteiger charge is 2.24. The molecular weight excluding hydrogens is 240 g/mol. The number of fused-ring (bicyclic) bond motifs is 1. The number of hydrogen-bond donors (Lipinski definition) is 0. The summed E-state index contributed by atoms with van der Waals surface area (Å²) in [5.41, 5.74) is 1.33. The number of rotatable bonds is 2. The molecule has 0 saturated carbocycles. The fourth-order valence-electron chi connectivity index (χ4n) is 2.93. The second kappa shape index (κ2) is 4.98. The first-order chi connectivity index (χ1) is 8.75. The molecule has 1 fully saturated rings. The number of nitrogens with zero attached hydrogens (tertiary/aromatic N) is 2. The Kier molecular flexibility index (Phi) is 3.35. The average molecular weight is 260 g/mol. The maximum Gasteiger partial charge on any atom is 0.0522 e. The minimum atomic E-state index is 0.651. The quantitative estimate of drug-likeness (QED) is 0.814. The van der Waals surface area contributed by atoms with Crippen molar-refractivity contribution in [1.29, 1.82) is 0 Å². The van der Waals surface area contributed by atoms with Crippen molar-refractivity contribution in [1.82, 2.24) is 9.88 Å². The first-order valence-electron chi connectivity index (χ1n) is 6.82. The lowest BCUT2D eigenvalue weighted by molar-refractivity contribution is 0.171. The predicted octanol–water partition coefficient (Wildman–Crippen LogP) is 3.88. The standard InChI is InChI=1S/C15H20N2S/c1-11(2)17-8-4-12(5-9-17)15-13-6-10-18-14(13)3-7-16-15/h3,6-7,10-12H,4-5,8-9H2,1-2H3. The van der Waals surface area contributed by atoms with Gasteiger partial charge in [-0.3, -0.25) is 4.98 Å². The molecule has 1 aliphatic rings. The van der Waals surface area contributed by atoms with Crippen LogP contribution in [0.4, 0.5) is 0 Å². The lowest BCUT2D eigenvalue weighted by Gasteiger charge is -2.34. The normalized spacial score (nSPS) is 18.8. The molecule has 0 atom stereocenters. The van der Waals surface area contributed by atoms with Crippen molar-refractivity contribution in [3.63, 3.8) is 0 Å². The number of aromatic nitrogens is 1. The highest BCUT2D eigenvalue weighted by Crippen LogP contribution is 2.33. The third-order valence-electron chi connectivity index (χ3n) is 4.06. The molecule has 0 amide bonds. The van der Waals surface area contributed by atoms with E-state index in [1.54, 1.807) is 0 Å². The molecule has 0 unspecified atom stereocenters. The van der Waals surface area contributed by atoms with Crippen LogP contribution in [0.3, 0.4) is 0 Å². The van der Waals surface area contributed by atoms with E-state index < -0.39 is 0 Å². The van der Waals surface area contributed by atoms with Gasteiger partial charge in [-0.1, -0.05) is 0 Å². The number of piperidine rings is 1. The fourth-order valence-corrected chi connectivity index (χ4v) is 3.72. The van der Waals surface area contributed by atoms with E-state index in [4.69, 9.17) is 0 Å². The minimum Gasteiger partial charge on any atom is -0.301 e. The minimum absolute atomic E-state index is 0.651. The Bertz CT molecular complexity index is 524. The van der Waals surface area contributed by atoms with E-state index in [-0.39, 0.29) is 0 Å². The van der Waals surface area contributed by atoms with Crippen LogP contribution >= 0.6 is 11.3 Å². The first kappa shape index (κ1) is 12.1. The first-order valence-corrected chi connectivity index (χ1v) is 7.70. The van der Waals surface area contributed by atoms with E-state index >= 15 is 0 Å². The van der Waals surface area contributed by atoms with Crippen LogP contribution in [-0.2, 0) is 0 Å². The Balaban J connectivity index is 1.82. The number of pyridine rings is 1. The average Bonchev–Trinajstić information content (AvgIpc) is 2.87. The maximum atomic E-state index is 4.66. The number of hydrogen-bond acceptors (Lipinski definition) is 3. The van der Waals surface area contributed by atoms with Crippen LogP contribution in [0.25, 0.3) is 10.1 Å². The van der Waals surface area contributed by atoms with Gasteiger partial charge in [-0.25, -0.2) is 0 Å². The zero-order valence-electron chi connectivity index (χ0n) is 11.1. The van der Waals surface area contributed by atoms with Crippen LogP contribution in [0, 0.1) is 0 Å². The molecule has 18 heavy (non-hydrogen) atoms. The van der Waals surface area contributed by atoms with Crippen LogP contribution < -0.4 is 0 Å². The largest absolute Gasteiger partial charge is 0.301 e. The van der Waals surface area contributed by atoms with Gasteiger partial charge in [0.2, 0.25) is 0 Å². The van der Waals surface area contributed by atoms with Gasteiger partial charge in [0.15, 0.2) is 0 Å². The molecule has 2 aromatic rings. The van der Waals surface area contributed by atoms with Crippen LogP contribution in [-0.4, -0.2) is 29.0 Å². The highest BCUT2D eigenvalue weighted by molar-refractivity contribution is 7.17. The van der Waals surface area contributed by atoms with Gasteiger partial charge in [0, 0.05) is 28.2 Å². The molecule has 0 aromatic carbocycles. The Labute approximate surface area is 113 Å². The summed E-state index contributed by atoms with van der Waals surface area (Å²) in [4.78, 5) is 7.23. The van der Waals surface area contributed by atoms with Crippen molar-refractivity contribution < 1.29 is 0 Å². The summed E-state index contributed by atoms with van der Waals surface area (Å²) in [6, 6.07) is 5.04. The van der Waals surface area contributed by atoms with Crippen molar-refractivity contribution in [3.8, 4) is 0 Å². The number of thiophene rings is 1. The molecule has 2 nitrogen and oxygen atoms in total. The molecule has 0 aliphatic carbocycles. The maximum absolute atomic E-state index is 4.66. The molecule has 0 spiro atoms. The molecule has 3 heterocycles. The van der Waals surface area contributed by atoms with Gasteiger partial charge in [0.25, 0.3) is 0 Å².